The van der Waals surface area contributed by atoms with Crippen molar-refractivity contribution < 1.29 is 4.21 Å². The molecule has 1 atom stereocenters. The molecule has 0 fully saturated rings. The summed E-state index contributed by atoms with van der Waals surface area (Å²) in [5, 5.41) is 5.24. The van der Waals surface area contributed by atoms with Crippen molar-refractivity contribution in [3.05, 3.63) is 67.3 Å². The first-order valence-corrected chi connectivity index (χ1v) is 8.83. The number of anilines is 1. The van der Waals surface area contributed by atoms with Gasteiger partial charge in [0, 0.05) is 36.6 Å². The molecule has 3 heterocycles. The Balaban J connectivity index is 1.60. The van der Waals surface area contributed by atoms with Gasteiger partial charge >= 0.3 is 0 Å². The number of hydrogen-bond acceptors (Lipinski definition) is 4. The summed E-state index contributed by atoms with van der Waals surface area (Å²) in [4.78, 5) is 9.08. The summed E-state index contributed by atoms with van der Waals surface area (Å²) in [5.74, 6) is 0. The minimum atomic E-state index is -1.42. The number of pyridine rings is 2. The highest BCUT2D eigenvalue weighted by molar-refractivity contribution is 7.86. The molecule has 1 unspecified atom stereocenters. The van der Waals surface area contributed by atoms with E-state index >= 15 is 0 Å². The summed E-state index contributed by atoms with van der Waals surface area (Å²) in [7, 11) is 0.445. The molecular weight excluding hydrogens is 334 g/mol. The molecule has 4 aromatic rings. The normalized spacial score (nSPS) is 12.2. The van der Waals surface area contributed by atoms with Gasteiger partial charge in [0.2, 0.25) is 0 Å². The lowest BCUT2D eigenvalue weighted by molar-refractivity contribution is 0.686. The minimum Gasteiger partial charge on any atom is -0.299 e. The van der Waals surface area contributed by atoms with Gasteiger partial charge in [0.05, 0.1) is 28.0 Å². The van der Waals surface area contributed by atoms with Crippen molar-refractivity contribution in [1.82, 2.24) is 19.7 Å². The number of aryl methyl sites for hydroxylation is 1. The highest BCUT2D eigenvalue weighted by Crippen LogP contribution is 2.24. The number of para-hydroxylation sites is 1. The number of fused-ring (bicyclic) bond motifs is 1. The van der Waals surface area contributed by atoms with E-state index in [2.05, 4.69) is 19.8 Å². The number of hydrogen-bond donors (Lipinski definition) is 1. The van der Waals surface area contributed by atoms with Gasteiger partial charge in [-0.2, -0.15) is 5.10 Å². The average Bonchev–Trinajstić information content (AvgIpc) is 3.05. The first-order valence-electron chi connectivity index (χ1n) is 7.68. The van der Waals surface area contributed by atoms with Crippen LogP contribution in [0.3, 0.4) is 0 Å². The lowest BCUT2D eigenvalue weighted by atomic mass is 10.2. The second kappa shape index (κ2) is 6.45. The molecule has 0 bridgehead atoms. The molecule has 1 N–H and O–H groups in total. The van der Waals surface area contributed by atoms with Crippen LogP contribution in [-0.2, 0) is 18.0 Å². The predicted octanol–water partition coefficient (Wildman–Crippen LogP) is 3.17. The first kappa shape index (κ1) is 15.5. The molecule has 0 spiro atoms. The zero-order valence-electron chi connectivity index (χ0n) is 13.5. The third-order valence-corrected chi connectivity index (χ3v) is 4.95. The van der Waals surface area contributed by atoms with Crippen LogP contribution in [0.5, 0.6) is 0 Å². The molecule has 1 aromatic carbocycles. The third-order valence-electron chi connectivity index (χ3n) is 3.87. The van der Waals surface area contributed by atoms with Gasteiger partial charge in [-0.25, -0.2) is 4.21 Å². The van der Waals surface area contributed by atoms with Crippen LogP contribution in [0.1, 0.15) is 0 Å². The van der Waals surface area contributed by atoms with Gasteiger partial charge < -0.3 is 0 Å². The van der Waals surface area contributed by atoms with E-state index in [1.54, 1.807) is 29.5 Å². The lowest BCUT2D eigenvalue weighted by Gasteiger charge is -2.09. The molecule has 4 rings (SSSR count). The number of benzene rings is 1. The molecule has 0 radical (unpaired) electrons. The Morgan fingerprint density at radius 3 is 2.72 bits per heavy atom. The molecule has 7 heteroatoms. The van der Waals surface area contributed by atoms with Crippen LogP contribution in [0.2, 0.25) is 0 Å². The lowest BCUT2D eigenvalue weighted by Crippen LogP contribution is -2.06. The third kappa shape index (κ3) is 3.01. The fourth-order valence-electron chi connectivity index (χ4n) is 2.65. The summed E-state index contributed by atoms with van der Waals surface area (Å²) in [5.41, 5.74) is 3.40. The maximum Gasteiger partial charge on any atom is 0.151 e. The molecule has 124 valence electrons. The number of aromatic nitrogens is 4. The molecule has 0 saturated heterocycles. The molecule has 25 heavy (non-hydrogen) atoms. The number of rotatable bonds is 4. The van der Waals surface area contributed by atoms with Crippen LogP contribution in [0.4, 0.5) is 5.69 Å². The Kier molecular flexibility index (Phi) is 3.99. The van der Waals surface area contributed by atoms with E-state index in [0.717, 1.165) is 27.8 Å². The fraction of sp³-hybridized carbons (Fsp3) is 0.0556. The Hall–Kier alpha value is -3.06. The second-order valence-electron chi connectivity index (χ2n) is 5.50. The molecule has 3 aromatic heterocycles. The summed E-state index contributed by atoms with van der Waals surface area (Å²) in [6.07, 6.45) is 6.87. The average molecular weight is 349 g/mol. The number of nitrogens with one attached hydrogen (secondary N) is 1. The Morgan fingerprint density at radius 2 is 1.96 bits per heavy atom. The van der Waals surface area contributed by atoms with E-state index in [-0.39, 0.29) is 0 Å². The molecule has 0 aliphatic heterocycles. The highest BCUT2D eigenvalue weighted by atomic mass is 32.2. The van der Waals surface area contributed by atoms with Crippen molar-refractivity contribution in [2.45, 2.75) is 4.90 Å². The summed E-state index contributed by atoms with van der Waals surface area (Å²) < 4.78 is 17.5. The van der Waals surface area contributed by atoms with Gasteiger partial charge in [-0.3, -0.25) is 19.4 Å². The summed E-state index contributed by atoms with van der Waals surface area (Å²) in [6, 6.07) is 13.2. The van der Waals surface area contributed by atoms with Crippen LogP contribution >= 0.6 is 0 Å². The zero-order chi connectivity index (χ0) is 17.2. The van der Waals surface area contributed by atoms with E-state index < -0.39 is 11.0 Å². The van der Waals surface area contributed by atoms with Crippen molar-refractivity contribution >= 4 is 27.6 Å². The van der Waals surface area contributed by atoms with Gasteiger partial charge in [-0.15, -0.1) is 0 Å². The van der Waals surface area contributed by atoms with E-state index in [1.165, 1.54) is 0 Å². The van der Waals surface area contributed by atoms with Crippen LogP contribution in [0.15, 0.2) is 72.1 Å². The molecule has 0 aliphatic carbocycles. The van der Waals surface area contributed by atoms with E-state index in [9.17, 15) is 4.21 Å². The van der Waals surface area contributed by atoms with E-state index in [1.807, 2.05) is 49.5 Å². The van der Waals surface area contributed by atoms with Crippen LogP contribution < -0.4 is 4.72 Å². The van der Waals surface area contributed by atoms with Crippen molar-refractivity contribution in [2.75, 3.05) is 4.72 Å². The second-order valence-corrected chi connectivity index (χ2v) is 6.72. The van der Waals surface area contributed by atoms with Gasteiger partial charge in [0.1, 0.15) is 0 Å². The van der Waals surface area contributed by atoms with E-state index in [4.69, 9.17) is 0 Å². The van der Waals surface area contributed by atoms with Crippen LogP contribution in [0.25, 0.3) is 22.2 Å². The minimum absolute atomic E-state index is 0.604. The monoisotopic (exact) mass is 349 g/mol. The highest BCUT2D eigenvalue weighted by Gasteiger charge is 2.10. The Labute approximate surface area is 147 Å². The smallest absolute Gasteiger partial charge is 0.151 e. The number of nitrogens with zero attached hydrogens (tertiary/aromatic N) is 4. The summed E-state index contributed by atoms with van der Waals surface area (Å²) in [6.45, 7) is 0. The first-order chi connectivity index (χ1) is 12.2. The Bertz CT molecular complexity index is 1040. The van der Waals surface area contributed by atoms with Gasteiger partial charge in [-0.05, 0) is 30.3 Å². The fourth-order valence-corrected chi connectivity index (χ4v) is 3.47. The Morgan fingerprint density at radius 1 is 1.04 bits per heavy atom. The molecule has 6 nitrogen and oxygen atoms in total. The van der Waals surface area contributed by atoms with Crippen molar-refractivity contribution in [1.29, 1.82) is 0 Å². The van der Waals surface area contributed by atoms with Gasteiger partial charge in [0.25, 0.3) is 0 Å². The molecule has 0 aliphatic rings. The zero-order valence-corrected chi connectivity index (χ0v) is 14.3. The van der Waals surface area contributed by atoms with Crippen molar-refractivity contribution in [2.24, 2.45) is 7.05 Å². The topological polar surface area (TPSA) is 72.7 Å². The maximum atomic E-state index is 12.7. The van der Waals surface area contributed by atoms with Crippen LogP contribution in [-0.4, -0.2) is 24.0 Å². The summed E-state index contributed by atoms with van der Waals surface area (Å²) >= 11 is 0. The largest absolute Gasteiger partial charge is 0.299 e. The van der Waals surface area contributed by atoms with Gasteiger partial charge in [0.15, 0.2) is 11.0 Å². The standard InChI is InChI=1S/C18H15N5OS/c1-23-18-14(11-21-23)4-2-6-17(18)22-25(24)15-7-8-16(20-12-15)13-5-3-9-19-10-13/h2-12,22H,1H3. The van der Waals surface area contributed by atoms with Gasteiger partial charge in [-0.1, -0.05) is 12.1 Å². The molecule has 0 saturated carbocycles. The molecular formula is C18H15N5OS. The van der Waals surface area contributed by atoms with Crippen LogP contribution in [0, 0.1) is 0 Å². The van der Waals surface area contributed by atoms with Crippen molar-refractivity contribution in [3.63, 3.8) is 0 Å². The van der Waals surface area contributed by atoms with Crippen molar-refractivity contribution in [3.8, 4) is 11.3 Å². The molecule has 0 amide bonds. The SMILES string of the molecule is Cn1ncc2cccc(NS(=O)c3ccc(-c4cccnc4)nc3)c21. The quantitative estimate of drug-likeness (QED) is 0.614. The predicted molar refractivity (Wildman–Crippen MR) is 98.2 cm³/mol. The maximum absolute atomic E-state index is 12.7. The van der Waals surface area contributed by atoms with E-state index in [0.29, 0.717) is 4.90 Å².